The number of hydrogen-bond acceptors (Lipinski definition) is 9. The average molecular weight is 324 g/mol. The van der Waals surface area contributed by atoms with Crippen molar-refractivity contribution in [3.8, 4) is 0 Å². The number of aliphatic hydroxyl groups excluding tert-OH is 5. The van der Waals surface area contributed by atoms with E-state index in [4.69, 9.17) is 18.9 Å². The zero-order chi connectivity index (χ0) is 16.4. The summed E-state index contributed by atoms with van der Waals surface area (Å²) < 4.78 is 21.1. The fourth-order valence-electron chi connectivity index (χ4n) is 2.69. The molecule has 0 amide bonds. The third kappa shape index (κ3) is 3.58. The van der Waals surface area contributed by atoms with Gasteiger partial charge in [0.15, 0.2) is 12.6 Å². The van der Waals surface area contributed by atoms with Crippen LogP contribution in [0.5, 0.6) is 0 Å². The molecule has 0 aliphatic carbocycles. The highest BCUT2D eigenvalue weighted by Crippen LogP contribution is 2.29. The Balaban J connectivity index is 2.09. The van der Waals surface area contributed by atoms with Gasteiger partial charge in [-0.2, -0.15) is 0 Å². The molecule has 2 heterocycles. The van der Waals surface area contributed by atoms with Crippen LogP contribution in [0.4, 0.5) is 0 Å². The molecule has 130 valence electrons. The monoisotopic (exact) mass is 324 g/mol. The van der Waals surface area contributed by atoms with Gasteiger partial charge < -0.3 is 44.5 Å². The van der Waals surface area contributed by atoms with Gasteiger partial charge in [-0.05, 0) is 6.92 Å². The van der Waals surface area contributed by atoms with E-state index in [1.54, 1.807) is 6.92 Å². The van der Waals surface area contributed by atoms with Crippen molar-refractivity contribution >= 4 is 0 Å². The lowest BCUT2D eigenvalue weighted by Crippen LogP contribution is -2.62. The number of methoxy groups -OCH3 is 1. The standard InChI is InChI=1S/C13H24O9/c1-5-6(15)3-7(16)13(20-5)22-10-9(17)8(4-14)21-12(18)11(10)19-2/h5-18H,3-4H2,1-2H3/t5-,6-,7-,8-,9+,10+,11+,12+,13-/m1/s1. The molecule has 9 nitrogen and oxygen atoms in total. The molecule has 9 atom stereocenters. The SMILES string of the molecule is CO[C@H]1[C@@H](O[C@H]2O[C@H](C)[C@H](O)C[C@H]2O)[C@@H](O)[C@@H](CO)O[C@@H]1O. The second kappa shape index (κ2) is 7.47. The third-order valence-corrected chi connectivity index (χ3v) is 4.07. The molecule has 2 aliphatic rings. The predicted molar refractivity (Wildman–Crippen MR) is 70.6 cm³/mol. The Morgan fingerprint density at radius 3 is 2.32 bits per heavy atom. The summed E-state index contributed by atoms with van der Waals surface area (Å²) in [5.74, 6) is 0. The zero-order valence-electron chi connectivity index (χ0n) is 12.5. The van der Waals surface area contributed by atoms with Gasteiger partial charge in [0.1, 0.15) is 30.5 Å². The van der Waals surface area contributed by atoms with Gasteiger partial charge in [-0.15, -0.1) is 0 Å². The zero-order valence-corrected chi connectivity index (χ0v) is 12.5. The molecule has 5 N–H and O–H groups in total. The Kier molecular flexibility index (Phi) is 6.11. The maximum Gasteiger partial charge on any atom is 0.184 e. The summed E-state index contributed by atoms with van der Waals surface area (Å²) in [4.78, 5) is 0. The lowest BCUT2D eigenvalue weighted by Gasteiger charge is -2.44. The Labute approximate surface area is 128 Å². The molecule has 0 saturated carbocycles. The Morgan fingerprint density at radius 1 is 1.05 bits per heavy atom. The van der Waals surface area contributed by atoms with E-state index in [0.717, 1.165) is 0 Å². The normalized spacial score (nSPS) is 50.0. The molecule has 2 fully saturated rings. The Hall–Kier alpha value is -0.360. The number of aliphatic hydroxyl groups is 5. The van der Waals surface area contributed by atoms with Crippen LogP contribution in [0.3, 0.4) is 0 Å². The van der Waals surface area contributed by atoms with E-state index in [9.17, 15) is 25.5 Å². The van der Waals surface area contributed by atoms with Gasteiger partial charge >= 0.3 is 0 Å². The lowest BCUT2D eigenvalue weighted by atomic mass is 9.98. The fraction of sp³-hybridized carbons (Fsp3) is 1.00. The first-order chi connectivity index (χ1) is 10.4. The quantitative estimate of drug-likeness (QED) is 0.374. The molecule has 0 aromatic heterocycles. The van der Waals surface area contributed by atoms with Gasteiger partial charge in [-0.1, -0.05) is 0 Å². The summed E-state index contributed by atoms with van der Waals surface area (Å²) in [6.45, 7) is 1.12. The van der Waals surface area contributed by atoms with E-state index in [1.165, 1.54) is 7.11 Å². The fourth-order valence-corrected chi connectivity index (χ4v) is 2.69. The van der Waals surface area contributed by atoms with Crippen molar-refractivity contribution < 1.29 is 44.5 Å². The van der Waals surface area contributed by atoms with Crippen molar-refractivity contribution in [2.24, 2.45) is 0 Å². The third-order valence-electron chi connectivity index (χ3n) is 4.07. The molecule has 0 radical (unpaired) electrons. The van der Waals surface area contributed by atoms with Crippen molar-refractivity contribution in [3.63, 3.8) is 0 Å². The van der Waals surface area contributed by atoms with Crippen molar-refractivity contribution in [2.45, 2.75) is 68.7 Å². The molecular formula is C13H24O9. The summed E-state index contributed by atoms with van der Waals surface area (Å²) >= 11 is 0. The molecule has 0 unspecified atom stereocenters. The van der Waals surface area contributed by atoms with Crippen molar-refractivity contribution in [1.29, 1.82) is 0 Å². The van der Waals surface area contributed by atoms with Crippen LogP contribution < -0.4 is 0 Å². The minimum absolute atomic E-state index is 0.0643. The van der Waals surface area contributed by atoms with Crippen LogP contribution in [0.2, 0.25) is 0 Å². The van der Waals surface area contributed by atoms with Gasteiger partial charge in [0.05, 0.1) is 18.8 Å². The first-order valence-electron chi connectivity index (χ1n) is 7.21. The van der Waals surface area contributed by atoms with Crippen LogP contribution in [-0.2, 0) is 18.9 Å². The van der Waals surface area contributed by atoms with Gasteiger partial charge in [-0.25, -0.2) is 0 Å². The highest BCUT2D eigenvalue weighted by Gasteiger charge is 2.48. The summed E-state index contributed by atoms with van der Waals surface area (Å²) in [6, 6.07) is 0. The van der Waals surface area contributed by atoms with E-state index in [1.807, 2.05) is 0 Å². The Bertz CT molecular complexity index is 354. The minimum atomic E-state index is -1.40. The maximum absolute atomic E-state index is 10.2. The van der Waals surface area contributed by atoms with Crippen LogP contribution in [0, 0.1) is 0 Å². The van der Waals surface area contributed by atoms with Crippen LogP contribution in [0.25, 0.3) is 0 Å². The predicted octanol–water partition coefficient (Wildman–Crippen LogP) is -2.69. The van der Waals surface area contributed by atoms with E-state index >= 15 is 0 Å². The molecule has 0 aromatic rings. The summed E-state index contributed by atoms with van der Waals surface area (Å²) in [7, 11) is 1.31. The van der Waals surface area contributed by atoms with Crippen molar-refractivity contribution in [3.05, 3.63) is 0 Å². The largest absolute Gasteiger partial charge is 0.394 e. The average Bonchev–Trinajstić information content (AvgIpc) is 2.48. The summed E-state index contributed by atoms with van der Waals surface area (Å²) in [5, 5.41) is 48.8. The topological polar surface area (TPSA) is 138 Å². The lowest BCUT2D eigenvalue weighted by molar-refractivity contribution is -0.344. The molecule has 2 aliphatic heterocycles. The van der Waals surface area contributed by atoms with E-state index in [0.29, 0.717) is 0 Å². The van der Waals surface area contributed by atoms with Gasteiger partial charge in [0, 0.05) is 13.5 Å². The second-order valence-corrected chi connectivity index (χ2v) is 5.62. The molecule has 22 heavy (non-hydrogen) atoms. The van der Waals surface area contributed by atoms with Crippen LogP contribution in [0.15, 0.2) is 0 Å². The summed E-state index contributed by atoms with van der Waals surface area (Å²) in [5.41, 5.74) is 0. The van der Waals surface area contributed by atoms with E-state index < -0.39 is 61.9 Å². The first-order valence-corrected chi connectivity index (χ1v) is 7.21. The summed E-state index contributed by atoms with van der Waals surface area (Å²) in [6.07, 6.45) is -9.32. The molecule has 9 heteroatoms. The minimum Gasteiger partial charge on any atom is -0.394 e. The van der Waals surface area contributed by atoms with Crippen LogP contribution in [0.1, 0.15) is 13.3 Å². The van der Waals surface area contributed by atoms with E-state index in [-0.39, 0.29) is 6.42 Å². The van der Waals surface area contributed by atoms with Crippen LogP contribution >= 0.6 is 0 Å². The maximum atomic E-state index is 10.2. The van der Waals surface area contributed by atoms with Gasteiger partial charge in [0.2, 0.25) is 0 Å². The smallest absolute Gasteiger partial charge is 0.184 e. The second-order valence-electron chi connectivity index (χ2n) is 5.62. The number of ether oxygens (including phenoxy) is 4. The molecule has 0 spiro atoms. The van der Waals surface area contributed by atoms with Gasteiger partial charge in [0.25, 0.3) is 0 Å². The van der Waals surface area contributed by atoms with Crippen molar-refractivity contribution in [1.82, 2.24) is 0 Å². The highest BCUT2D eigenvalue weighted by atomic mass is 16.7. The highest BCUT2D eigenvalue weighted by molar-refractivity contribution is 4.92. The molecule has 2 rings (SSSR count). The molecule has 0 bridgehead atoms. The number of rotatable bonds is 4. The molecule has 0 aromatic carbocycles. The van der Waals surface area contributed by atoms with Crippen molar-refractivity contribution in [2.75, 3.05) is 13.7 Å². The van der Waals surface area contributed by atoms with Crippen LogP contribution in [-0.4, -0.2) is 94.6 Å². The first kappa shape index (κ1) is 18.0. The van der Waals surface area contributed by atoms with Gasteiger partial charge in [-0.3, -0.25) is 0 Å². The molecule has 2 saturated heterocycles. The Morgan fingerprint density at radius 2 is 1.73 bits per heavy atom. The number of hydrogen-bond donors (Lipinski definition) is 5. The molecular weight excluding hydrogens is 300 g/mol. The van der Waals surface area contributed by atoms with E-state index in [2.05, 4.69) is 0 Å².